The standard InChI is InChI=1S/C13H17N3O3S/c1-10(2)8-19-12-6-4-3-5-11(12)16-20(17,18)13-7-14-9-15-13/h3-7,9-10,16H,8H2,1-2H3,(H,14,15). The van der Waals surface area contributed by atoms with Crippen LogP contribution in [0.1, 0.15) is 13.8 Å². The maximum atomic E-state index is 12.1. The molecule has 0 radical (unpaired) electrons. The zero-order valence-corrected chi connectivity index (χ0v) is 12.1. The van der Waals surface area contributed by atoms with Gasteiger partial charge in [-0.3, -0.25) is 4.72 Å². The number of nitrogens with one attached hydrogen (secondary N) is 2. The maximum Gasteiger partial charge on any atom is 0.279 e. The minimum absolute atomic E-state index is 0.0103. The topological polar surface area (TPSA) is 84.1 Å². The SMILES string of the molecule is CC(C)COc1ccccc1NS(=O)(=O)c1cnc[nH]1. The van der Waals surface area contributed by atoms with Gasteiger partial charge in [-0.25, -0.2) is 4.98 Å². The molecule has 2 aromatic rings. The van der Waals surface area contributed by atoms with Crippen molar-refractivity contribution >= 4 is 15.7 Å². The van der Waals surface area contributed by atoms with E-state index in [4.69, 9.17) is 4.74 Å². The smallest absolute Gasteiger partial charge is 0.279 e. The van der Waals surface area contributed by atoms with E-state index >= 15 is 0 Å². The number of aromatic nitrogens is 2. The summed E-state index contributed by atoms with van der Waals surface area (Å²) in [5.74, 6) is 0.858. The monoisotopic (exact) mass is 295 g/mol. The highest BCUT2D eigenvalue weighted by atomic mass is 32.2. The largest absolute Gasteiger partial charge is 0.491 e. The molecule has 20 heavy (non-hydrogen) atoms. The molecule has 0 fully saturated rings. The van der Waals surface area contributed by atoms with Gasteiger partial charge in [0.1, 0.15) is 5.75 Å². The molecule has 0 aliphatic rings. The summed E-state index contributed by atoms with van der Waals surface area (Å²) in [4.78, 5) is 6.27. The zero-order valence-electron chi connectivity index (χ0n) is 11.3. The Balaban J connectivity index is 2.21. The first kappa shape index (κ1) is 14.4. The van der Waals surface area contributed by atoms with Crippen molar-refractivity contribution in [2.24, 2.45) is 5.92 Å². The van der Waals surface area contributed by atoms with Gasteiger partial charge >= 0.3 is 0 Å². The van der Waals surface area contributed by atoms with Crippen molar-refractivity contribution in [1.82, 2.24) is 9.97 Å². The minimum Gasteiger partial charge on any atom is -0.491 e. The summed E-state index contributed by atoms with van der Waals surface area (Å²) in [6, 6.07) is 6.92. The van der Waals surface area contributed by atoms with E-state index in [-0.39, 0.29) is 5.03 Å². The lowest BCUT2D eigenvalue weighted by molar-refractivity contribution is 0.272. The number of ether oxygens (including phenoxy) is 1. The number of aromatic amines is 1. The Hall–Kier alpha value is -2.02. The number of hydrogen-bond acceptors (Lipinski definition) is 4. The number of H-pyrrole nitrogens is 1. The molecule has 1 aromatic heterocycles. The van der Waals surface area contributed by atoms with Crippen molar-refractivity contribution in [2.75, 3.05) is 11.3 Å². The Morgan fingerprint density at radius 3 is 2.75 bits per heavy atom. The number of hydrogen-bond donors (Lipinski definition) is 2. The van der Waals surface area contributed by atoms with Crippen LogP contribution in [0.3, 0.4) is 0 Å². The van der Waals surface area contributed by atoms with E-state index in [1.165, 1.54) is 12.5 Å². The molecule has 7 heteroatoms. The molecule has 0 saturated heterocycles. The molecule has 1 aromatic carbocycles. The average Bonchev–Trinajstić information content (AvgIpc) is 2.92. The zero-order chi connectivity index (χ0) is 14.6. The van der Waals surface area contributed by atoms with Crippen LogP contribution in [0.2, 0.25) is 0 Å². The molecule has 1 heterocycles. The fourth-order valence-corrected chi connectivity index (χ4v) is 2.50. The molecule has 0 bridgehead atoms. The lowest BCUT2D eigenvalue weighted by Gasteiger charge is -2.14. The van der Waals surface area contributed by atoms with Gasteiger partial charge in [0, 0.05) is 0 Å². The van der Waals surface area contributed by atoms with E-state index in [1.54, 1.807) is 24.3 Å². The van der Waals surface area contributed by atoms with Crippen LogP contribution in [-0.2, 0) is 10.0 Å². The molecule has 0 aliphatic carbocycles. The van der Waals surface area contributed by atoms with Gasteiger partial charge in [-0.2, -0.15) is 8.42 Å². The molecule has 0 saturated carbocycles. The van der Waals surface area contributed by atoms with Crippen LogP contribution in [0.25, 0.3) is 0 Å². The van der Waals surface area contributed by atoms with E-state index in [0.29, 0.717) is 24.0 Å². The molecule has 6 nitrogen and oxygen atoms in total. The van der Waals surface area contributed by atoms with Crippen molar-refractivity contribution < 1.29 is 13.2 Å². The third-order valence-electron chi connectivity index (χ3n) is 2.47. The van der Waals surface area contributed by atoms with E-state index in [9.17, 15) is 8.42 Å². The summed E-state index contributed by atoms with van der Waals surface area (Å²) >= 11 is 0. The van der Waals surface area contributed by atoms with Crippen molar-refractivity contribution in [3.05, 3.63) is 36.8 Å². The Kier molecular flexibility index (Phi) is 4.29. The van der Waals surface area contributed by atoms with Crippen LogP contribution in [0.5, 0.6) is 5.75 Å². The number of sulfonamides is 1. The normalized spacial score (nSPS) is 11.6. The summed E-state index contributed by atoms with van der Waals surface area (Å²) in [6.07, 6.45) is 2.57. The van der Waals surface area contributed by atoms with Crippen LogP contribution < -0.4 is 9.46 Å². The Morgan fingerprint density at radius 1 is 1.35 bits per heavy atom. The molecule has 2 rings (SSSR count). The number of imidazole rings is 1. The second-order valence-electron chi connectivity index (χ2n) is 4.72. The van der Waals surface area contributed by atoms with Gasteiger partial charge in [0.2, 0.25) is 0 Å². The van der Waals surface area contributed by atoms with E-state index in [0.717, 1.165) is 0 Å². The van der Waals surface area contributed by atoms with Gasteiger partial charge in [0.25, 0.3) is 10.0 Å². The number of rotatable bonds is 6. The lowest BCUT2D eigenvalue weighted by Crippen LogP contribution is -2.15. The van der Waals surface area contributed by atoms with E-state index in [1.807, 2.05) is 13.8 Å². The van der Waals surface area contributed by atoms with Gasteiger partial charge in [0.05, 0.1) is 24.8 Å². The van der Waals surface area contributed by atoms with Gasteiger partial charge in [-0.05, 0) is 18.1 Å². The third kappa shape index (κ3) is 3.51. The summed E-state index contributed by atoms with van der Waals surface area (Å²) in [6.45, 7) is 4.57. The fraction of sp³-hybridized carbons (Fsp3) is 0.308. The second-order valence-corrected chi connectivity index (χ2v) is 6.37. The molecule has 0 atom stereocenters. The first-order valence-corrected chi connectivity index (χ1v) is 7.70. The highest BCUT2D eigenvalue weighted by Gasteiger charge is 2.17. The summed E-state index contributed by atoms with van der Waals surface area (Å²) in [7, 11) is -3.68. The van der Waals surface area contributed by atoms with Crippen molar-refractivity contribution in [1.29, 1.82) is 0 Å². The average molecular weight is 295 g/mol. The molecule has 0 spiro atoms. The maximum absolute atomic E-state index is 12.1. The fourth-order valence-electron chi connectivity index (χ4n) is 1.52. The Bertz CT molecular complexity index is 651. The van der Waals surface area contributed by atoms with Gasteiger partial charge in [-0.1, -0.05) is 26.0 Å². The molecular formula is C13H17N3O3S. The quantitative estimate of drug-likeness (QED) is 0.856. The van der Waals surface area contributed by atoms with Crippen LogP contribution in [0.4, 0.5) is 5.69 Å². The number of anilines is 1. The summed E-state index contributed by atoms with van der Waals surface area (Å²) in [5.41, 5.74) is 0.405. The Morgan fingerprint density at radius 2 is 2.10 bits per heavy atom. The number of benzene rings is 1. The molecule has 108 valence electrons. The van der Waals surface area contributed by atoms with Crippen molar-refractivity contribution in [3.8, 4) is 5.75 Å². The van der Waals surface area contributed by atoms with E-state index < -0.39 is 10.0 Å². The molecule has 0 amide bonds. The van der Waals surface area contributed by atoms with E-state index in [2.05, 4.69) is 14.7 Å². The second kappa shape index (κ2) is 5.96. The first-order chi connectivity index (χ1) is 9.49. The van der Waals surface area contributed by atoms with Crippen LogP contribution in [0, 0.1) is 5.92 Å². The highest BCUT2D eigenvalue weighted by molar-refractivity contribution is 7.92. The van der Waals surface area contributed by atoms with Crippen molar-refractivity contribution in [3.63, 3.8) is 0 Å². The van der Waals surface area contributed by atoms with Gasteiger partial charge in [-0.15, -0.1) is 0 Å². The molecule has 2 N–H and O–H groups in total. The minimum atomic E-state index is -3.68. The highest BCUT2D eigenvalue weighted by Crippen LogP contribution is 2.26. The predicted molar refractivity (Wildman–Crippen MR) is 76.2 cm³/mol. The predicted octanol–water partition coefficient (Wildman–Crippen LogP) is 2.25. The third-order valence-corrected chi connectivity index (χ3v) is 3.76. The molecule has 0 aliphatic heterocycles. The van der Waals surface area contributed by atoms with Crippen LogP contribution in [0.15, 0.2) is 41.8 Å². The summed E-state index contributed by atoms with van der Waals surface area (Å²) < 4.78 is 32.3. The van der Waals surface area contributed by atoms with Crippen molar-refractivity contribution in [2.45, 2.75) is 18.9 Å². The van der Waals surface area contributed by atoms with Crippen LogP contribution in [-0.4, -0.2) is 25.0 Å². The van der Waals surface area contributed by atoms with Crippen LogP contribution >= 0.6 is 0 Å². The lowest BCUT2D eigenvalue weighted by atomic mass is 10.2. The molecular weight excluding hydrogens is 278 g/mol. The first-order valence-electron chi connectivity index (χ1n) is 6.22. The summed E-state index contributed by atoms with van der Waals surface area (Å²) in [5, 5.41) is 0.0103. The van der Waals surface area contributed by atoms with Gasteiger partial charge < -0.3 is 9.72 Å². The molecule has 0 unspecified atom stereocenters. The number of nitrogens with zero attached hydrogens (tertiary/aromatic N) is 1. The van der Waals surface area contributed by atoms with Gasteiger partial charge in [0.15, 0.2) is 5.03 Å². The Labute approximate surface area is 118 Å². The number of para-hydroxylation sites is 2.